The van der Waals surface area contributed by atoms with Crippen LogP contribution in [0.1, 0.15) is 31.7 Å². The molecule has 1 fully saturated rings. The van der Waals surface area contributed by atoms with Crippen molar-refractivity contribution < 1.29 is 0 Å². The van der Waals surface area contributed by atoms with E-state index in [4.69, 9.17) is 5.73 Å². The van der Waals surface area contributed by atoms with Gasteiger partial charge in [0.15, 0.2) is 0 Å². The minimum absolute atomic E-state index is 0.186. The Labute approximate surface area is 119 Å². The van der Waals surface area contributed by atoms with Crippen molar-refractivity contribution in [1.29, 1.82) is 0 Å². The van der Waals surface area contributed by atoms with E-state index in [1.165, 1.54) is 5.56 Å². The average molecular weight is 271 g/mol. The van der Waals surface area contributed by atoms with Crippen LogP contribution >= 0.6 is 0 Å². The van der Waals surface area contributed by atoms with Crippen LogP contribution in [0, 0.1) is 0 Å². The summed E-state index contributed by atoms with van der Waals surface area (Å²) in [5, 5.41) is 7.45. The number of hydrogen-bond acceptors (Lipinski definition) is 4. The fourth-order valence-corrected chi connectivity index (χ4v) is 2.63. The number of anilines is 1. The third-order valence-electron chi connectivity index (χ3n) is 4.07. The summed E-state index contributed by atoms with van der Waals surface area (Å²) >= 11 is 0. The highest BCUT2D eigenvalue weighted by Crippen LogP contribution is 2.29. The van der Waals surface area contributed by atoms with Gasteiger partial charge in [0.05, 0.1) is 0 Å². The number of benzene rings is 1. The van der Waals surface area contributed by atoms with Gasteiger partial charge in [-0.1, -0.05) is 30.3 Å². The quantitative estimate of drug-likeness (QED) is 0.891. The maximum absolute atomic E-state index is 5.94. The van der Waals surface area contributed by atoms with E-state index in [2.05, 4.69) is 46.1 Å². The molecule has 2 aromatic rings. The zero-order valence-corrected chi connectivity index (χ0v) is 12.0. The highest BCUT2D eigenvalue weighted by molar-refractivity contribution is 5.36. The zero-order valence-electron chi connectivity index (χ0n) is 12.0. The SMILES string of the molecule is CC(C)(c1ccccc1)c1nc(N2CCC(N)C2)n[nH]1. The van der Waals surface area contributed by atoms with Gasteiger partial charge in [0.25, 0.3) is 0 Å². The Bertz CT molecular complexity index is 575. The first kappa shape index (κ1) is 13.1. The molecule has 1 saturated heterocycles. The van der Waals surface area contributed by atoms with E-state index in [1.807, 2.05) is 18.2 Å². The third kappa shape index (κ3) is 2.29. The van der Waals surface area contributed by atoms with Gasteiger partial charge in [0.1, 0.15) is 5.82 Å². The van der Waals surface area contributed by atoms with Crippen molar-refractivity contribution in [3.05, 3.63) is 41.7 Å². The standard InChI is InChI=1S/C15H21N5/c1-15(2,11-6-4-3-5-7-11)13-17-14(19-18-13)20-9-8-12(16)10-20/h3-7,12H,8-10,16H2,1-2H3,(H,17,18,19). The van der Waals surface area contributed by atoms with Crippen LogP contribution in [0.4, 0.5) is 5.95 Å². The number of nitrogens with one attached hydrogen (secondary N) is 1. The van der Waals surface area contributed by atoms with Crippen LogP contribution in [0.3, 0.4) is 0 Å². The molecule has 2 heterocycles. The van der Waals surface area contributed by atoms with Gasteiger partial charge in [-0.05, 0) is 25.8 Å². The van der Waals surface area contributed by atoms with E-state index >= 15 is 0 Å². The smallest absolute Gasteiger partial charge is 0.244 e. The lowest BCUT2D eigenvalue weighted by Crippen LogP contribution is -2.27. The Kier molecular flexibility index (Phi) is 3.22. The second-order valence-electron chi connectivity index (χ2n) is 5.97. The number of hydrogen-bond donors (Lipinski definition) is 2. The summed E-state index contributed by atoms with van der Waals surface area (Å²) in [6.07, 6.45) is 1.01. The molecule has 3 N–H and O–H groups in total. The molecule has 1 aromatic carbocycles. The molecule has 1 atom stereocenters. The molecule has 0 spiro atoms. The summed E-state index contributed by atoms with van der Waals surface area (Å²) in [5.74, 6) is 1.65. The van der Waals surface area contributed by atoms with E-state index in [1.54, 1.807) is 0 Å². The van der Waals surface area contributed by atoms with E-state index in [0.717, 1.165) is 31.3 Å². The van der Waals surface area contributed by atoms with Crippen LogP contribution in [-0.2, 0) is 5.41 Å². The fourth-order valence-electron chi connectivity index (χ4n) is 2.63. The number of rotatable bonds is 3. The Balaban J connectivity index is 1.86. The largest absolute Gasteiger partial charge is 0.338 e. The summed E-state index contributed by atoms with van der Waals surface area (Å²) in [7, 11) is 0. The molecule has 1 aromatic heterocycles. The molecule has 1 aliphatic heterocycles. The van der Waals surface area contributed by atoms with Gasteiger partial charge in [-0.3, -0.25) is 5.10 Å². The Hall–Kier alpha value is -1.88. The van der Waals surface area contributed by atoms with E-state index in [9.17, 15) is 0 Å². The van der Waals surface area contributed by atoms with Crippen molar-refractivity contribution in [3.63, 3.8) is 0 Å². The van der Waals surface area contributed by atoms with Gasteiger partial charge >= 0.3 is 0 Å². The first-order valence-corrected chi connectivity index (χ1v) is 7.06. The molecule has 5 heteroatoms. The van der Waals surface area contributed by atoms with Crippen molar-refractivity contribution in [2.75, 3.05) is 18.0 Å². The summed E-state index contributed by atoms with van der Waals surface area (Å²) in [5.41, 5.74) is 6.98. The van der Waals surface area contributed by atoms with E-state index in [0.29, 0.717) is 0 Å². The predicted octanol–water partition coefficient (Wildman–Crippen LogP) is 1.67. The number of nitrogens with zero attached hydrogens (tertiary/aromatic N) is 3. The van der Waals surface area contributed by atoms with Gasteiger partial charge in [-0.15, -0.1) is 5.10 Å². The molecular weight excluding hydrogens is 250 g/mol. The van der Waals surface area contributed by atoms with Gasteiger partial charge in [-0.25, -0.2) is 0 Å². The molecule has 0 bridgehead atoms. The van der Waals surface area contributed by atoms with Crippen LogP contribution in [0.5, 0.6) is 0 Å². The number of nitrogens with two attached hydrogens (primary N) is 1. The molecule has 106 valence electrons. The van der Waals surface area contributed by atoms with Crippen molar-refractivity contribution in [2.24, 2.45) is 5.73 Å². The van der Waals surface area contributed by atoms with Gasteiger partial charge in [0, 0.05) is 24.5 Å². The predicted molar refractivity (Wildman–Crippen MR) is 79.8 cm³/mol. The lowest BCUT2D eigenvalue weighted by atomic mass is 9.84. The van der Waals surface area contributed by atoms with Crippen LogP contribution < -0.4 is 10.6 Å². The Morgan fingerprint density at radius 2 is 2.05 bits per heavy atom. The molecule has 1 aliphatic rings. The molecule has 0 radical (unpaired) electrons. The number of aromatic amines is 1. The summed E-state index contributed by atoms with van der Waals surface area (Å²) in [6.45, 7) is 6.08. The maximum Gasteiger partial charge on any atom is 0.244 e. The van der Waals surface area contributed by atoms with Gasteiger partial charge < -0.3 is 10.6 Å². The Morgan fingerprint density at radius 1 is 1.30 bits per heavy atom. The van der Waals surface area contributed by atoms with Crippen molar-refractivity contribution in [1.82, 2.24) is 15.2 Å². The average Bonchev–Trinajstić information content (AvgIpc) is 3.08. The normalized spacial score (nSPS) is 19.6. The van der Waals surface area contributed by atoms with Crippen LogP contribution in [0.25, 0.3) is 0 Å². The van der Waals surface area contributed by atoms with Crippen LogP contribution in [0.2, 0.25) is 0 Å². The fraction of sp³-hybridized carbons (Fsp3) is 0.467. The molecule has 3 rings (SSSR count). The molecule has 0 amide bonds. The third-order valence-corrected chi connectivity index (χ3v) is 4.07. The van der Waals surface area contributed by atoms with Crippen molar-refractivity contribution >= 4 is 5.95 Å². The Morgan fingerprint density at radius 3 is 2.70 bits per heavy atom. The molecule has 0 aliphatic carbocycles. The van der Waals surface area contributed by atoms with Crippen LogP contribution in [0.15, 0.2) is 30.3 Å². The minimum Gasteiger partial charge on any atom is -0.338 e. The zero-order chi connectivity index (χ0) is 14.2. The van der Waals surface area contributed by atoms with E-state index < -0.39 is 0 Å². The highest BCUT2D eigenvalue weighted by atomic mass is 15.4. The molecule has 20 heavy (non-hydrogen) atoms. The first-order valence-electron chi connectivity index (χ1n) is 7.06. The molecule has 5 nitrogen and oxygen atoms in total. The monoisotopic (exact) mass is 271 g/mol. The highest BCUT2D eigenvalue weighted by Gasteiger charge is 2.29. The maximum atomic E-state index is 5.94. The number of H-pyrrole nitrogens is 1. The number of aromatic nitrogens is 3. The molecular formula is C15H21N5. The van der Waals surface area contributed by atoms with E-state index in [-0.39, 0.29) is 11.5 Å². The van der Waals surface area contributed by atoms with Crippen LogP contribution in [-0.4, -0.2) is 34.3 Å². The van der Waals surface area contributed by atoms with Crippen molar-refractivity contribution in [3.8, 4) is 0 Å². The second-order valence-corrected chi connectivity index (χ2v) is 5.97. The van der Waals surface area contributed by atoms with Crippen molar-refractivity contribution in [2.45, 2.75) is 31.7 Å². The molecule has 0 saturated carbocycles. The lowest BCUT2D eigenvalue weighted by Gasteiger charge is -2.22. The molecule has 1 unspecified atom stereocenters. The summed E-state index contributed by atoms with van der Waals surface area (Å²) in [6, 6.07) is 10.6. The first-order chi connectivity index (χ1) is 9.57. The lowest BCUT2D eigenvalue weighted by molar-refractivity contribution is 0.593. The summed E-state index contributed by atoms with van der Waals surface area (Å²) < 4.78 is 0. The topological polar surface area (TPSA) is 70.8 Å². The minimum atomic E-state index is -0.186. The van der Waals surface area contributed by atoms with Gasteiger partial charge in [0.2, 0.25) is 5.95 Å². The second kappa shape index (κ2) is 4.90. The van der Waals surface area contributed by atoms with Gasteiger partial charge in [-0.2, -0.15) is 4.98 Å². The summed E-state index contributed by atoms with van der Waals surface area (Å²) in [4.78, 5) is 6.82.